The van der Waals surface area contributed by atoms with Crippen LogP contribution in [-0.2, 0) is 0 Å². The van der Waals surface area contributed by atoms with Crippen molar-refractivity contribution in [2.75, 3.05) is 11.9 Å². The van der Waals surface area contributed by atoms with E-state index in [0.717, 1.165) is 6.42 Å². The van der Waals surface area contributed by atoms with E-state index in [0.29, 0.717) is 17.9 Å². The summed E-state index contributed by atoms with van der Waals surface area (Å²) in [4.78, 5) is 20.8. The molecule has 1 unspecified atom stereocenters. The summed E-state index contributed by atoms with van der Waals surface area (Å²) in [5.41, 5.74) is 0.110. The Bertz CT molecular complexity index is 376. The Hall–Kier alpha value is -1.65. The zero-order chi connectivity index (χ0) is 13.0. The third-order valence-corrected chi connectivity index (χ3v) is 2.67. The molecule has 1 heterocycles. The Morgan fingerprint density at radius 2 is 1.88 bits per heavy atom. The summed E-state index contributed by atoms with van der Waals surface area (Å²) >= 11 is 0. The number of hydrogen-bond acceptors (Lipinski definition) is 4. The number of nitrogens with zero attached hydrogens (tertiary/aromatic N) is 3. The van der Waals surface area contributed by atoms with Gasteiger partial charge in [0.1, 0.15) is 0 Å². The van der Waals surface area contributed by atoms with Crippen molar-refractivity contribution in [3.8, 4) is 0 Å². The lowest BCUT2D eigenvalue weighted by molar-refractivity contribution is 0.0696. The molecule has 0 fully saturated rings. The van der Waals surface area contributed by atoms with Crippen molar-refractivity contribution in [3.05, 3.63) is 18.0 Å². The van der Waals surface area contributed by atoms with Gasteiger partial charge in [0.2, 0.25) is 5.95 Å². The molecule has 0 radical (unpaired) electrons. The molecule has 0 saturated heterocycles. The summed E-state index contributed by atoms with van der Waals surface area (Å²) in [6.45, 7) is 6.44. The van der Waals surface area contributed by atoms with Crippen LogP contribution >= 0.6 is 0 Å². The number of hydrogen-bond donors (Lipinski definition) is 1. The van der Waals surface area contributed by atoms with Crippen LogP contribution in [0.15, 0.2) is 12.4 Å². The van der Waals surface area contributed by atoms with E-state index < -0.39 is 5.97 Å². The van der Waals surface area contributed by atoms with Crippen LogP contribution in [-0.4, -0.2) is 34.1 Å². The first kappa shape index (κ1) is 13.4. The van der Waals surface area contributed by atoms with E-state index in [9.17, 15) is 4.79 Å². The maximum Gasteiger partial charge on any atom is 0.338 e. The number of carboxylic acid groups (broad SMARTS) is 1. The average molecular weight is 237 g/mol. The smallest absolute Gasteiger partial charge is 0.338 e. The summed E-state index contributed by atoms with van der Waals surface area (Å²) in [5, 5.41) is 8.75. The van der Waals surface area contributed by atoms with Gasteiger partial charge in [-0.1, -0.05) is 13.8 Å². The van der Waals surface area contributed by atoms with Crippen LogP contribution in [0.2, 0.25) is 0 Å². The van der Waals surface area contributed by atoms with Crippen LogP contribution in [0.3, 0.4) is 0 Å². The fourth-order valence-corrected chi connectivity index (χ4v) is 1.65. The molecule has 0 spiro atoms. The van der Waals surface area contributed by atoms with Gasteiger partial charge in [-0.3, -0.25) is 0 Å². The summed E-state index contributed by atoms with van der Waals surface area (Å²) in [7, 11) is 1.92. The number of aromatic carboxylic acids is 1. The molecule has 0 bridgehead atoms. The first-order chi connectivity index (χ1) is 7.91. The lowest BCUT2D eigenvalue weighted by Gasteiger charge is -2.26. The van der Waals surface area contributed by atoms with Crippen molar-refractivity contribution in [2.45, 2.75) is 33.2 Å². The zero-order valence-electron chi connectivity index (χ0n) is 10.7. The topological polar surface area (TPSA) is 66.3 Å². The molecule has 1 N–H and O–H groups in total. The van der Waals surface area contributed by atoms with Crippen LogP contribution in [0.5, 0.6) is 0 Å². The van der Waals surface area contributed by atoms with E-state index in [2.05, 4.69) is 30.7 Å². The predicted molar refractivity (Wildman–Crippen MR) is 66.3 cm³/mol. The standard InChI is InChI=1S/C12H19N3O2/c1-8(2)5-9(3)15(4)12-13-6-10(7-14-12)11(16)17/h6-9H,5H2,1-4H3,(H,16,17). The van der Waals surface area contributed by atoms with E-state index in [-0.39, 0.29) is 5.56 Å². The van der Waals surface area contributed by atoms with Gasteiger partial charge in [0.25, 0.3) is 0 Å². The summed E-state index contributed by atoms with van der Waals surface area (Å²) < 4.78 is 0. The number of anilines is 1. The summed E-state index contributed by atoms with van der Waals surface area (Å²) in [6, 6.07) is 0.325. The van der Waals surface area contributed by atoms with Gasteiger partial charge in [-0.15, -0.1) is 0 Å². The lowest BCUT2D eigenvalue weighted by Crippen LogP contribution is -2.31. The molecule has 1 rings (SSSR count). The molecule has 0 amide bonds. The zero-order valence-corrected chi connectivity index (χ0v) is 10.7. The van der Waals surface area contributed by atoms with Gasteiger partial charge in [0.15, 0.2) is 0 Å². The fourth-order valence-electron chi connectivity index (χ4n) is 1.65. The molecule has 0 aliphatic rings. The quantitative estimate of drug-likeness (QED) is 0.849. The third-order valence-electron chi connectivity index (χ3n) is 2.67. The highest BCUT2D eigenvalue weighted by Crippen LogP contribution is 2.14. The van der Waals surface area contributed by atoms with Crippen molar-refractivity contribution in [1.82, 2.24) is 9.97 Å². The van der Waals surface area contributed by atoms with Crippen molar-refractivity contribution in [2.24, 2.45) is 5.92 Å². The normalized spacial score (nSPS) is 12.5. The molecule has 0 saturated carbocycles. The molecule has 1 aromatic rings. The van der Waals surface area contributed by atoms with Crippen LogP contribution in [0.1, 0.15) is 37.6 Å². The number of carboxylic acids is 1. The highest BCUT2D eigenvalue weighted by atomic mass is 16.4. The molecule has 0 aliphatic heterocycles. The lowest BCUT2D eigenvalue weighted by atomic mass is 10.0. The molecule has 5 heteroatoms. The van der Waals surface area contributed by atoms with Gasteiger partial charge in [-0.2, -0.15) is 0 Å². The van der Waals surface area contributed by atoms with Gasteiger partial charge < -0.3 is 10.0 Å². The average Bonchev–Trinajstić information content (AvgIpc) is 2.27. The van der Waals surface area contributed by atoms with Gasteiger partial charge in [0, 0.05) is 25.5 Å². The van der Waals surface area contributed by atoms with Crippen LogP contribution < -0.4 is 4.90 Å². The minimum Gasteiger partial charge on any atom is -0.478 e. The van der Waals surface area contributed by atoms with E-state index in [4.69, 9.17) is 5.11 Å². The second-order valence-electron chi connectivity index (χ2n) is 4.67. The van der Waals surface area contributed by atoms with Gasteiger partial charge in [-0.25, -0.2) is 14.8 Å². The third kappa shape index (κ3) is 3.69. The molecule has 94 valence electrons. The van der Waals surface area contributed by atoms with E-state index in [1.807, 2.05) is 11.9 Å². The molecule has 0 aliphatic carbocycles. The molecule has 1 aromatic heterocycles. The highest BCUT2D eigenvalue weighted by molar-refractivity contribution is 5.86. The van der Waals surface area contributed by atoms with Crippen molar-refractivity contribution < 1.29 is 9.90 Å². The fraction of sp³-hybridized carbons (Fsp3) is 0.583. The molecule has 5 nitrogen and oxygen atoms in total. The molecule has 1 atom stereocenters. The second kappa shape index (κ2) is 5.61. The predicted octanol–water partition coefficient (Wildman–Crippen LogP) is 2.05. The Labute approximate surface area is 102 Å². The SMILES string of the molecule is CC(C)CC(C)N(C)c1ncc(C(=O)O)cn1. The Kier molecular flexibility index (Phi) is 4.43. The molecular weight excluding hydrogens is 218 g/mol. The molecule has 17 heavy (non-hydrogen) atoms. The Balaban J connectivity index is 2.75. The monoisotopic (exact) mass is 237 g/mol. The largest absolute Gasteiger partial charge is 0.478 e. The number of rotatable bonds is 5. The minimum absolute atomic E-state index is 0.110. The van der Waals surface area contributed by atoms with Crippen molar-refractivity contribution in [1.29, 1.82) is 0 Å². The molecule has 0 aromatic carbocycles. The number of aromatic nitrogens is 2. The Morgan fingerprint density at radius 3 is 2.29 bits per heavy atom. The summed E-state index contributed by atoms with van der Waals surface area (Å²) in [5.74, 6) is 0.156. The first-order valence-electron chi connectivity index (χ1n) is 5.70. The Morgan fingerprint density at radius 1 is 1.35 bits per heavy atom. The highest BCUT2D eigenvalue weighted by Gasteiger charge is 2.14. The van der Waals surface area contributed by atoms with Crippen molar-refractivity contribution in [3.63, 3.8) is 0 Å². The van der Waals surface area contributed by atoms with E-state index >= 15 is 0 Å². The maximum absolute atomic E-state index is 10.7. The number of carbonyl (C=O) groups is 1. The van der Waals surface area contributed by atoms with Gasteiger partial charge in [-0.05, 0) is 19.3 Å². The summed E-state index contributed by atoms with van der Waals surface area (Å²) in [6.07, 6.45) is 3.72. The first-order valence-corrected chi connectivity index (χ1v) is 5.70. The van der Waals surface area contributed by atoms with E-state index in [1.54, 1.807) is 0 Å². The van der Waals surface area contributed by atoms with Gasteiger partial charge >= 0.3 is 5.97 Å². The van der Waals surface area contributed by atoms with Crippen LogP contribution in [0, 0.1) is 5.92 Å². The minimum atomic E-state index is -1.01. The van der Waals surface area contributed by atoms with Gasteiger partial charge in [0.05, 0.1) is 5.56 Å². The van der Waals surface area contributed by atoms with Crippen LogP contribution in [0.25, 0.3) is 0 Å². The second-order valence-corrected chi connectivity index (χ2v) is 4.67. The van der Waals surface area contributed by atoms with Crippen molar-refractivity contribution >= 4 is 11.9 Å². The van der Waals surface area contributed by atoms with Crippen LogP contribution in [0.4, 0.5) is 5.95 Å². The van der Waals surface area contributed by atoms with E-state index in [1.165, 1.54) is 12.4 Å². The maximum atomic E-state index is 10.7. The molecular formula is C12H19N3O2.